The van der Waals surface area contributed by atoms with Gasteiger partial charge in [-0.15, -0.1) is 0 Å². The van der Waals surface area contributed by atoms with E-state index >= 15 is 0 Å². The summed E-state index contributed by atoms with van der Waals surface area (Å²) in [6.07, 6.45) is 89.0. The van der Waals surface area contributed by atoms with Crippen LogP contribution < -0.4 is 0 Å². The fourth-order valence-electron chi connectivity index (χ4n) is 11.3. The summed E-state index contributed by atoms with van der Waals surface area (Å²) < 4.78 is 17.0. The summed E-state index contributed by atoms with van der Waals surface area (Å²) in [5.74, 6) is -0.837. The normalized spacial score (nSPS) is 12.2. The Morgan fingerprint density at radius 1 is 0.244 bits per heavy atom. The Morgan fingerprint density at radius 2 is 0.439 bits per heavy atom. The van der Waals surface area contributed by atoms with Gasteiger partial charge in [-0.05, 0) is 77.0 Å². The van der Waals surface area contributed by atoms with Gasteiger partial charge in [0, 0.05) is 19.3 Å². The molecule has 82 heavy (non-hydrogen) atoms. The lowest BCUT2D eigenvalue weighted by Crippen LogP contribution is -2.30. The number of unbranched alkanes of at least 4 members (excludes halogenated alkanes) is 52. The molecule has 0 rings (SSSR count). The van der Waals surface area contributed by atoms with Gasteiger partial charge < -0.3 is 14.2 Å². The molecule has 6 heteroatoms. The Balaban J connectivity index is 4.23. The predicted octanol–water partition coefficient (Wildman–Crippen LogP) is 25.5. The van der Waals surface area contributed by atoms with Crippen LogP contribution in [0.4, 0.5) is 0 Å². The Bertz CT molecular complexity index is 1370. The molecule has 0 aliphatic carbocycles. The molecule has 0 saturated heterocycles. The van der Waals surface area contributed by atoms with Gasteiger partial charge in [0.1, 0.15) is 13.2 Å². The summed E-state index contributed by atoms with van der Waals surface area (Å²) >= 11 is 0. The van der Waals surface area contributed by atoms with Gasteiger partial charge in [-0.1, -0.05) is 353 Å². The minimum atomic E-state index is -0.771. The van der Waals surface area contributed by atoms with E-state index in [1.165, 1.54) is 308 Å². The summed E-state index contributed by atoms with van der Waals surface area (Å²) in [5.41, 5.74) is 0. The van der Waals surface area contributed by atoms with Crippen molar-refractivity contribution in [3.8, 4) is 0 Å². The fraction of sp³-hybridized carbons (Fsp3) is 0.882. The lowest BCUT2D eigenvalue weighted by atomic mass is 10.0. The molecule has 0 aromatic rings. The maximum Gasteiger partial charge on any atom is 0.306 e. The van der Waals surface area contributed by atoms with E-state index < -0.39 is 6.10 Å². The van der Waals surface area contributed by atoms with Crippen LogP contribution in [0.3, 0.4) is 0 Å². The molecule has 0 radical (unpaired) electrons. The minimum absolute atomic E-state index is 0.0670. The summed E-state index contributed by atoms with van der Waals surface area (Å²) in [4.78, 5) is 38.5. The number of carbonyl (C=O) groups is 3. The van der Waals surface area contributed by atoms with Crippen LogP contribution in [0.5, 0.6) is 0 Å². The SMILES string of the molecule is CCCCCCC/C=C\C/C=C\CCCCCCCCCCCCCC(=O)OC(COC(=O)CCCCCCCCCCCCCCCC)COC(=O)CCCCCCCCCCCCCCCCC/C=C\CCCCCCCCCC. The maximum absolute atomic E-state index is 13.0. The van der Waals surface area contributed by atoms with Crippen molar-refractivity contribution in [3.05, 3.63) is 36.5 Å². The van der Waals surface area contributed by atoms with Crippen LogP contribution in [-0.4, -0.2) is 37.2 Å². The summed E-state index contributed by atoms with van der Waals surface area (Å²) in [5, 5.41) is 0. The van der Waals surface area contributed by atoms with Gasteiger partial charge in [-0.3, -0.25) is 14.4 Å². The Labute approximate surface area is 512 Å². The van der Waals surface area contributed by atoms with Crippen LogP contribution in [0.1, 0.15) is 412 Å². The zero-order valence-corrected chi connectivity index (χ0v) is 55.5. The van der Waals surface area contributed by atoms with E-state index in [0.29, 0.717) is 19.3 Å². The van der Waals surface area contributed by atoms with Crippen molar-refractivity contribution in [1.29, 1.82) is 0 Å². The number of hydrogen-bond acceptors (Lipinski definition) is 6. The second kappa shape index (κ2) is 71.1. The second-order valence-corrected chi connectivity index (χ2v) is 25.2. The van der Waals surface area contributed by atoms with E-state index in [4.69, 9.17) is 14.2 Å². The number of rotatable bonds is 69. The van der Waals surface area contributed by atoms with E-state index in [1.54, 1.807) is 0 Å². The standard InChI is InChI=1S/C76H142O6/c1-4-7-10-13-16-19-22-25-28-30-32-34-36-37-38-39-41-42-44-46-48-51-54-57-60-63-66-69-75(78)81-72-73(71-80-74(77)68-65-62-59-56-53-50-27-24-21-18-15-12-9-6-3)82-76(79)70-67-64-61-58-55-52-49-47-45-43-40-35-33-31-29-26-23-20-17-14-11-8-5-2/h23,26,30-33,73H,4-22,24-25,27-29,34-72H2,1-3H3/b26-23-,32-30-,33-31-. The molecular weight excluding hydrogens is 1010 g/mol. The van der Waals surface area contributed by atoms with Gasteiger partial charge in [0.2, 0.25) is 0 Å². The van der Waals surface area contributed by atoms with Gasteiger partial charge >= 0.3 is 17.9 Å². The first kappa shape index (κ1) is 79.6. The third kappa shape index (κ3) is 68.4. The van der Waals surface area contributed by atoms with E-state index in [0.717, 1.165) is 64.2 Å². The third-order valence-electron chi connectivity index (χ3n) is 16.9. The zero-order chi connectivity index (χ0) is 59.2. The average Bonchev–Trinajstić information content (AvgIpc) is 3.47. The number of hydrogen-bond donors (Lipinski definition) is 0. The number of ether oxygens (including phenoxy) is 3. The molecule has 0 saturated carbocycles. The molecule has 482 valence electrons. The monoisotopic (exact) mass is 1150 g/mol. The first-order chi connectivity index (χ1) is 40.5. The Morgan fingerprint density at radius 3 is 0.683 bits per heavy atom. The summed E-state index contributed by atoms with van der Waals surface area (Å²) in [6, 6.07) is 0. The summed E-state index contributed by atoms with van der Waals surface area (Å²) in [6.45, 7) is 6.71. The fourth-order valence-corrected chi connectivity index (χ4v) is 11.3. The second-order valence-electron chi connectivity index (χ2n) is 25.2. The molecule has 0 aromatic carbocycles. The van der Waals surface area contributed by atoms with Crippen molar-refractivity contribution in [1.82, 2.24) is 0 Å². The van der Waals surface area contributed by atoms with Crippen molar-refractivity contribution < 1.29 is 28.6 Å². The van der Waals surface area contributed by atoms with Gasteiger partial charge in [0.05, 0.1) is 0 Å². The molecular formula is C76H142O6. The molecule has 0 aliphatic heterocycles. The maximum atomic E-state index is 13.0. The molecule has 6 nitrogen and oxygen atoms in total. The quantitative estimate of drug-likeness (QED) is 0.0261. The van der Waals surface area contributed by atoms with Crippen LogP contribution in [0.15, 0.2) is 36.5 Å². The lowest BCUT2D eigenvalue weighted by Gasteiger charge is -2.18. The highest BCUT2D eigenvalue weighted by molar-refractivity contribution is 5.71. The van der Waals surface area contributed by atoms with Crippen LogP contribution in [0.2, 0.25) is 0 Å². The zero-order valence-electron chi connectivity index (χ0n) is 55.5. The van der Waals surface area contributed by atoms with Gasteiger partial charge in [-0.2, -0.15) is 0 Å². The molecule has 0 fully saturated rings. The first-order valence-corrected chi connectivity index (χ1v) is 37.0. The highest BCUT2D eigenvalue weighted by atomic mass is 16.6. The molecule has 0 bridgehead atoms. The third-order valence-corrected chi connectivity index (χ3v) is 16.9. The molecule has 0 heterocycles. The van der Waals surface area contributed by atoms with Crippen LogP contribution in [0, 0.1) is 0 Å². The summed E-state index contributed by atoms with van der Waals surface area (Å²) in [7, 11) is 0. The van der Waals surface area contributed by atoms with Gasteiger partial charge in [0.25, 0.3) is 0 Å². The van der Waals surface area contributed by atoms with Crippen LogP contribution in [0.25, 0.3) is 0 Å². The van der Waals surface area contributed by atoms with Gasteiger partial charge in [0.15, 0.2) is 6.10 Å². The molecule has 0 spiro atoms. The number of carbonyl (C=O) groups excluding carboxylic acids is 3. The van der Waals surface area contributed by atoms with Crippen molar-refractivity contribution in [3.63, 3.8) is 0 Å². The van der Waals surface area contributed by atoms with E-state index in [1.807, 2.05) is 0 Å². The van der Waals surface area contributed by atoms with E-state index in [-0.39, 0.29) is 31.1 Å². The molecule has 1 atom stereocenters. The lowest BCUT2D eigenvalue weighted by molar-refractivity contribution is -0.167. The molecule has 0 aliphatic rings. The van der Waals surface area contributed by atoms with Crippen molar-refractivity contribution in [2.45, 2.75) is 419 Å². The van der Waals surface area contributed by atoms with Crippen LogP contribution >= 0.6 is 0 Å². The molecule has 1 unspecified atom stereocenters. The first-order valence-electron chi connectivity index (χ1n) is 37.0. The topological polar surface area (TPSA) is 78.9 Å². The highest BCUT2D eigenvalue weighted by Gasteiger charge is 2.20. The molecule has 0 amide bonds. The van der Waals surface area contributed by atoms with Crippen molar-refractivity contribution >= 4 is 17.9 Å². The Hall–Kier alpha value is -2.37. The predicted molar refractivity (Wildman–Crippen MR) is 358 cm³/mol. The highest BCUT2D eigenvalue weighted by Crippen LogP contribution is 2.19. The number of esters is 3. The van der Waals surface area contributed by atoms with Crippen molar-refractivity contribution in [2.75, 3.05) is 13.2 Å². The van der Waals surface area contributed by atoms with Crippen molar-refractivity contribution in [2.24, 2.45) is 0 Å². The van der Waals surface area contributed by atoms with E-state index in [9.17, 15) is 14.4 Å². The van der Waals surface area contributed by atoms with Crippen LogP contribution in [-0.2, 0) is 28.6 Å². The molecule has 0 aromatic heterocycles. The van der Waals surface area contributed by atoms with E-state index in [2.05, 4.69) is 57.2 Å². The largest absolute Gasteiger partial charge is 0.462 e. The molecule has 0 N–H and O–H groups in total. The number of allylic oxidation sites excluding steroid dienone is 6. The minimum Gasteiger partial charge on any atom is -0.462 e. The average molecular weight is 1150 g/mol. The van der Waals surface area contributed by atoms with Gasteiger partial charge in [-0.25, -0.2) is 0 Å². The Kier molecular flexibility index (Phi) is 69.1. The smallest absolute Gasteiger partial charge is 0.306 e.